The molecule has 2 heterocycles. The summed E-state index contributed by atoms with van der Waals surface area (Å²) in [5.74, 6) is 0.517. The second kappa shape index (κ2) is 4.04. The largest absolute Gasteiger partial charge is 0.479 e. The van der Waals surface area contributed by atoms with E-state index in [1.54, 1.807) is 25.7 Å². The fraction of sp³-hybridized carbons (Fsp3) is 0.182. The number of pyridine rings is 1. The van der Waals surface area contributed by atoms with E-state index in [1.807, 2.05) is 19.1 Å². The van der Waals surface area contributed by atoms with Crippen molar-refractivity contribution < 1.29 is 4.74 Å². The van der Waals surface area contributed by atoms with Crippen LogP contribution in [0.25, 0.3) is 11.3 Å². The number of ether oxygens (including phenoxy) is 1. The van der Waals surface area contributed by atoms with Crippen LogP contribution in [0.15, 0.2) is 30.7 Å². The predicted octanol–water partition coefficient (Wildman–Crippen LogP) is 1.86. The summed E-state index contributed by atoms with van der Waals surface area (Å²) < 4.78 is 5.13. The summed E-state index contributed by atoms with van der Waals surface area (Å²) >= 11 is 0. The third-order valence-electron chi connectivity index (χ3n) is 2.04. The molecular weight excluding hydrogens is 190 g/mol. The predicted molar refractivity (Wildman–Crippen MR) is 56.6 cm³/mol. The van der Waals surface area contributed by atoms with Gasteiger partial charge in [0.25, 0.3) is 0 Å². The minimum absolute atomic E-state index is 0.517. The number of nitrogens with zero attached hydrogens (tertiary/aromatic N) is 3. The molecular formula is C11H11N3O. The number of rotatable bonds is 2. The van der Waals surface area contributed by atoms with Crippen molar-refractivity contribution in [2.45, 2.75) is 6.92 Å². The van der Waals surface area contributed by atoms with Gasteiger partial charge in [-0.1, -0.05) is 0 Å². The highest BCUT2D eigenvalue weighted by Gasteiger charge is 2.07. The molecule has 0 aliphatic carbocycles. The second-order valence-corrected chi connectivity index (χ2v) is 3.10. The van der Waals surface area contributed by atoms with Crippen molar-refractivity contribution in [2.75, 3.05) is 7.11 Å². The maximum absolute atomic E-state index is 5.13. The van der Waals surface area contributed by atoms with Crippen molar-refractivity contribution in [2.24, 2.45) is 0 Å². The van der Waals surface area contributed by atoms with Gasteiger partial charge in [-0.3, -0.25) is 4.98 Å². The molecule has 4 heteroatoms. The molecule has 15 heavy (non-hydrogen) atoms. The first-order valence-electron chi connectivity index (χ1n) is 4.59. The Morgan fingerprint density at radius 2 is 1.87 bits per heavy atom. The van der Waals surface area contributed by atoms with E-state index >= 15 is 0 Å². The Bertz CT molecular complexity index is 454. The van der Waals surface area contributed by atoms with Gasteiger partial charge in [0.05, 0.1) is 7.11 Å². The third kappa shape index (κ3) is 1.93. The summed E-state index contributed by atoms with van der Waals surface area (Å²) in [6.07, 6.45) is 5.00. The number of hydrogen-bond acceptors (Lipinski definition) is 4. The van der Waals surface area contributed by atoms with Crippen molar-refractivity contribution in [1.29, 1.82) is 0 Å². The molecule has 76 valence electrons. The molecule has 0 atom stereocenters. The Kier molecular flexibility index (Phi) is 2.58. The lowest BCUT2D eigenvalue weighted by molar-refractivity contribution is 0.397. The molecule has 0 fully saturated rings. The Labute approximate surface area is 88.0 Å². The first-order valence-corrected chi connectivity index (χ1v) is 4.59. The van der Waals surface area contributed by atoms with E-state index in [1.165, 1.54) is 0 Å². The summed E-state index contributed by atoms with van der Waals surface area (Å²) in [6.45, 7) is 1.94. The molecule has 0 bridgehead atoms. The molecule has 4 nitrogen and oxygen atoms in total. The topological polar surface area (TPSA) is 47.9 Å². The van der Waals surface area contributed by atoms with Crippen LogP contribution in [0.4, 0.5) is 0 Å². The Balaban J connectivity index is 2.49. The van der Waals surface area contributed by atoms with Crippen LogP contribution in [0.5, 0.6) is 5.88 Å². The monoisotopic (exact) mass is 201 g/mol. The second-order valence-electron chi connectivity index (χ2n) is 3.10. The maximum Gasteiger partial charge on any atom is 0.240 e. The SMILES string of the molecule is COc1nccnc1-c1ccc(C)nc1. The number of aryl methyl sites for hydroxylation is 1. The third-order valence-corrected chi connectivity index (χ3v) is 2.04. The quantitative estimate of drug-likeness (QED) is 0.744. The molecule has 0 aliphatic rings. The van der Waals surface area contributed by atoms with E-state index in [-0.39, 0.29) is 0 Å². The average Bonchev–Trinajstić information content (AvgIpc) is 2.30. The molecule has 0 aromatic carbocycles. The van der Waals surface area contributed by atoms with Crippen molar-refractivity contribution >= 4 is 0 Å². The van der Waals surface area contributed by atoms with E-state index in [9.17, 15) is 0 Å². The van der Waals surface area contributed by atoms with Gasteiger partial charge in [0.15, 0.2) is 0 Å². The van der Waals surface area contributed by atoms with Gasteiger partial charge < -0.3 is 4.74 Å². The van der Waals surface area contributed by atoms with Crippen LogP contribution in [-0.2, 0) is 0 Å². The van der Waals surface area contributed by atoms with Crippen LogP contribution >= 0.6 is 0 Å². The molecule has 0 saturated heterocycles. The van der Waals surface area contributed by atoms with Crippen LogP contribution in [0, 0.1) is 6.92 Å². The minimum Gasteiger partial charge on any atom is -0.479 e. The summed E-state index contributed by atoms with van der Waals surface area (Å²) in [5.41, 5.74) is 2.60. The van der Waals surface area contributed by atoms with E-state index in [0.717, 1.165) is 11.3 Å². The highest BCUT2D eigenvalue weighted by atomic mass is 16.5. The molecule has 0 spiro atoms. The Morgan fingerprint density at radius 3 is 2.53 bits per heavy atom. The van der Waals surface area contributed by atoms with Crippen molar-refractivity contribution in [3.05, 3.63) is 36.4 Å². The van der Waals surface area contributed by atoms with Gasteiger partial charge >= 0.3 is 0 Å². The van der Waals surface area contributed by atoms with Gasteiger partial charge in [-0.15, -0.1) is 0 Å². The molecule has 0 amide bonds. The van der Waals surface area contributed by atoms with Gasteiger partial charge in [-0.05, 0) is 19.1 Å². The van der Waals surface area contributed by atoms with Gasteiger partial charge in [-0.2, -0.15) is 0 Å². The normalized spacial score (nSPS) is 10.0. The summed E-state index contributed by atoms with van der Waals surface area (Å²) in [4.78, 5) is 12.5. The fourth-order valence-corrected chi connectivity index (χ4v) is 1.28. The number of aromatic nitrogens is 3. The Hall–Kier alpha value is -1.97. The van der Waals surface area contributed by atoms with Crippen LogP contribution in [0.3, 0.4) is 0 Å². The molecule has 0 saturated carbocycles. The average molecular weight is 201 g/mol. The molecule has 0 radical (unpaired) electrons. The van der Waals surface area contributed by atoms with Crippen LogP contribution < -0.4 is 4.74 Å². The van der Waals surface area contributed by atoms with E-state index in [0.29, 0.717) is 11.6 Å². The van der Waals surface area contributed by atoms with Crippen molar-refractivity contribution in [3.8, 4) is 17.1 Å². The maximum atomic E-state index is 5.13. The highest BCUT2D eigenvalue weighted by Crippen LogP contribution is 2.23. The lowest BCUT2D eigenvalue weighted by atomic mass is 10.2. The zero-order chi connectivity index (χ0) is 10.7. The highest BCUT2D eigenvalue weighted by molar-refractivity contribution is 5.62. The summed E-state index contributed by atoms with van der Waals surface area (Å²) in [5, 5.41) is 0. The number of hydrogen-bond donors (Lipinski definition) is 0. The van der Waals surface area contributed by atoms with Gasteiger partial charge in [-0.25, -0.2) is 9.97 Å². The summed E-state index contributed by atoms with van der Waals surface area (Å²) in [7, 11) is 1.58. The Morgan fingerprint density at radius 1 is 1.07 bits per heavy atom. The fourth-order valence-electron chi connectivity index (χ4n) is 1.28. The number of methoxy groups -OCH3 is 1. The van der Waals surface area contributed by atoms with Crippen LogP contribution in [0.1, 0.15) is 5.69 Å². The van der Waals surface area contributed by atoms with E-state index in [4.69, 9.17) is 4.74 Å². The lowest BCUT2D eigenvalue weighted by Crippen LogP contribution is -1.94. The first kappa shape index (κ1) is 9.58. The van der Waals surface area contributed by atoms with Crippen LogP contribution in [0.2, 0.25) is 0 Å². The standard InChI is InChI=1S/C11H11N3O/c1-8-3-4-9(7-14-8)10-11(15-2)13-6-5-12-10/h3-7H,1-2H3. The van der Waals surface area contributed by atoms with Crippen molar-refractivity contribution in [1.82, 2.24) is 15.0 Å². The smallest absolute Gasteiger partial charge is 0.240 e. The molecule has 0 unspecified atom stereocenters. The first-order chi connectivity index (χ1) is 7.31. The molecule has 0 aliphatic heterocycles. The zero-order valence-electron chi connectivity index (χ0n) is 8.64. The minimum atomic E-state index is 0.517. The van der Waals surface area contributed by atoms with Crippen molar-refractivity contribution in [3.63, 3.8) is 0 Å². The zero-order valence-corrected chi connectivity index (χ0v) is 8.64. The van der Waals surface area contributed by atoms with Gasteiger partial charge in [0.1, 0.15) is 5.69 Å². The molecule has 0 N–H and O–H groups in total. The van der Waals surface area contributed by atoms with Gasteiger partial charge in [0, 0.05) is 29.8 Å². The van der Waals surface area contributed by atoms with Crippen LogP contribution in [-0.4, -0.2) is 22.1 Å². The van der Waals surface area contributed by atoms with E-state index < -0.39 is 0 Å². The summed E-state index contributed by atoms with van der Waals surface area (Å²) in [6, 6.07) is 3.89. The lowest BCUT2D eigenvalue weighted by Gasteiger charge is -2.05. The van der Waals surface area contributed by atoms with Gasteiger partial charge in [0.2, 0.25) is 5.88 Å². The molecule has 2 aromatic heterocycles. The van der Waals surface area contributed by atoms with E-state index in [2.05, 4.69) is 15.0 Å². The molecule has 2 rings (SSSR count). The molecule has 2 aromatic rings.